The summed E-state index contributed by atoms with van der Waals surface area (Å²) in [5.74, 6) is 1.85. The van der Waals surface area contributed by atoms with Crippen LogP contribution in [0.1, 0.15) is 30.5 Å². The third-order valence-electron chi connectivity index (χ3n) is 3.36. The number of nitrogens with one attached hydrogen (secondary N) is 1. The third-order valence-corrected chi connectivity index (χ3v) is 3.36. The van der Waals surface area contributed by atoms with Gasteiger partial charge in [-0.1, -0.05) is 5.16 Å². The topological polar surface area (TPSA) is 60.2 Å². The van der Waals surface area contributed by atoms with E-state index < -0.39 is 0 Å². The lowest BCUT2D eigenvalue weighted by atomic mass is 9.98. The lowest BCUT2D eigenvalue weighted by Crippen LogP contribution is -2.27. The number of piperidine rings is 1. The van der Waals surface area contributed by atoms with Gasteiger partial charge >= 0.3 is 0 Å². The first-order valence-corrected chi connectivity index (χ1v) is 6.73. The van der Waals surface area contributed by atoms with Crippen LogP contribution in [-0.2, 0) is 6.61 Å². The molecule has 6 heteroatoms. The molecule has 2 heterocycles. The zero-order chi connectivity index (χ0) is 13.8. The van der Waals surface area contributed by atoms with Gasteiger partial charge in [-0.2, -0.15) is 4.98 Å². The molecule has 1 N–H and O–H groups in total. The predicted octanol–water partition coefficient (Wildman–Crippen LogP) is 2.25. The summed E-state index contributed by atoms with van der Waals surface area (Å²) < 4.78 is 23.4. The minimum atomic E-state index is -0.289. The Morgan fingerprint density at radius 1 is 1.25 bits per heavy atom. The largest absolute Gasteiger partial charge is 0.484 e. The average Bonchev–Trinajstić information content (AvgIpc) is 2.97. The molecule has 1 aromatic carbocycles. The second-order valence-corrected chi connectivity index (χ2v) is 4.81. The number of hydrogen-bond donors (Lipinski definition) is 1. The molecule has 3 rings (SSSR count). The lowest BCUT2D eigenvalue weighted by molar-refractivity contribution is 0.242. The normalized spacial score (nSPS) is 16.2. The molecule has 5 nitrogen and oxygen atoms in total. The molecule has 0 saturated carbocycles. The van der Waals surface area contributed by atoms with Crippen LogP contribution in [0.4, 0.5) is 4.39 Å². The smallest absolute Gasteiger partial charge is 0.264 e. The van der Waals surface area contributed by atoms with Crippen LogP contribution in [0.3, 0.4) is 0 Å². The molecular weight excluding hydrogens is 261 g/mol. The third kappa shape index (κ3) is 3.14. The maximum atomic E-state index is 12.8. The highest BCUT2D eigenvalue weighted by molar-refractivity contribution is 5.22. The van der Waals surface area contributed by atoms with Gasteiger partial charge in [0, 0.05) is 5.92 Å². The molecule has 0 aliphatic carbocycles. The summed E-state index contributed by atoms with van der Waals surface area (Å²) in [6.45, 7) is 2.17. The van der Waals surface area contributed by atoms with Gasteiger partial charge in [-0.25, -0.2) is 4.39 Å². The zero-order valence-corrected chi connectivity index (χ0v) is 11.0. The Morgan fingerprint density at radius 2 is 2.00 bits per heavy atom. The van der Waals surface area contributed by atoms with Crippen LogP contribution < -0.4 is 10.1 Å². The Bertz CT molecular complexity index is 550. The van der Waals surface area contributed by atoms with Gasteiger partial charge in [-0.3, -0.25) is 0 Å². The highest BCUT2D eigenvalue weighted by atomic mass is 19.1. The number of nitrogens with zero attached hydrogens (tertiary/aromatic N) is 2. The number of rotatable bonds is 4. The van der Waals surface area contributed by atoms with Gasteiger partial charge in [0.2, 0.25) is 0 Å². The molecule has 1 saturated heterocycles. The fraction of sp³-hybridized carbons (Fsp3) is 0.429. The molecule has 0 amide bonds. The van der Waals surface area contributed by atoms with E-state index in [4.69, 9.17) is 9.26 Å². The first kappa shape index (κ1) is 13.1. The summed E-state index contributed by atoms with van der Waals surface area (Å²) in [5.41, 5.74) is 0. The number of hydrogen-bond acceptors (Lipinski definition) is 5. The second kappa shape index (κ2) is 6.00. The first-order valence-electron chi connectivity index (χ1n) is 6.73. The Hall–Kier alpha value is -1.95. The zero-order valence-electron chi connectivity index (χ0n) is 11.0. The van der Waals surface area contributed by atoms with Crippen molar-refractivity contribution in [1.29, 1.82) is 0 Å². The van der Waals surface area contributed by atoms with E-state index in [1.807, 2.05) is 0 Å². The van der Waals surface area contributed by atoms with Crippen molar-refractivity contribution in [3.63, 3.8) is 0 Å². The van der Waals surface area contributed by atoms with Crippen LogP contribution in [0, 0.1) is 5.82 Å². The van der Waals surface area contributed by atoms with Gasteiger partial charge in [0.25, 0.3) is 5.89 Å². The van der Waals surface area contributed by atoms with Crippen molar-refractivity contribution in [2.75, 3.05) is 13.1 Å². The second-order valence-electron chi connectivity index (χ2n) is 4.81. The van der Waals surface area contributed by atoms with E-state index in [9.17, 15) is 4.39 Å². The van der Waals surface area contributed by atoms with E-state index in [2.05, 4.69) is 15.5 Å². The standard InChI is InChI=1S/C14H16FN3O2/c15-11-1-3-12(4-2-11)19-9-13-17-14(18-20-13)10-5-7-16-8-6-10/h1-4,10,16H,5-9H2. The van der Waals surface area contributed by atoms with Gasteiger partial charge in [-0.15, -0.1) is 0 Å². The lowest BCUT2D eigenvalue weighted by Gasteiger charge is -2.18. The van der Waals surface area contributed by atoms with Gasteiger partial charge in [0.1, 0.15) is 11.6 Å². The average molecular weight is 277 g/mol. The minimum Gasteiger partial charge on any atom is -0.484 e. The Morgan fingerprint density at radius 3 is 2.75 bits per heavy atom. The SMILES string of the molecule is Fc1ccc(OCc2nc(C3CCNCC3)no2)cc1. The molecule has 0 radical (unpaired) electrons. The van der Waals surface area contributed by atoms with Crippen molar-refractivity contribution >= 4 is 0 Å². The van der Waals surface area contributed by atoms with Crippen molar-refractivity contribution in [3.8, 4) is 5.75 Å². The van der Waals surface area contributed by atoms with Crippen LogP contribution in [-0.4, -0.2) is 23.2 Å². The van der Waals surface area contributed by atoms with Crippen LogP contribution in [0.2, 0.25) is 0 Å². The molecule has 1 aliphatic heterocycles. The number of benzene rings is 1. The molecule has 1 aromatic heterocycles. The van der Waals surface area contributed by atoms with Gasteiger partial charge in [0.15, 0.2) is 12.4 Å². The van der Waals surface area contributed by atoms with E-state index >= 15 is 0 Å². The van der Waals surface area contributed by atoms with E-state index in [1.165, 1.54) is 12.1 Å². The Balaban J connectivity index is 1.58. The van der Waals surface area contributed by atoms with Gasteiger partial charge < -0.3 is 14.6 Å². The van der Waals surface area contributed by atoms with Crippen molar-refractivity contribution < 1.29 is 13.7 Å². The fourth-order valence-corrected chi connectivity index (χ4v) is 2.25. The van der Waals surface area contributed by atoms with Crippen LogP contribution >= 0.6 is 0 Å². The Kier molecular flexibility index (Phi) is 3.92. The van der Waals surface area contributed by atoms with Crippen LogP contribution in [0.15, 0.2) is 28.8 Å². The summed E-state index contributed by atoms with van der Waals surface area (Å²) in [6, 6.07) is 5.84. The maximum absolute atomic E-state index is 12.8. The number of ether oxygens (including phenoxy) is 1. The molecule has 0 bridgehead atoms. The quantitative estimate of drug-likeness (QED) is 0.928. The van der Waals surface area contributed by atoms with E-state index in [-0.39, 0.29) is 12.4 Å². The molecule has 20 heavy (non-hydrogen) atoms. The van der Waals surface area contributed by atoms with Crippen LogP contribution in [0.25, 0.3) is 0 Å². The van der Waals surface area contributed by atoms with Crippen molar-refractivity contribution in [3.05, 3.63) is 41.8 Å². The summed E-state index contributed by atoms with van der Waals surface area (Å²) in [4.78, 5) is 4.36. The number of halogens is 1. The molecule has 1 aliphatic rings. The molecule has 106 valence electrons. The summed E-state index contributed by atoms with van der Waals surface area (Å²) in [7, 11) is 0. The molecule has 2 aromatic rings. The maximum Gasteiger partial charge on any atom is 0.264 e. The summed E-state index contributed by atoms with van der Waals surface area (Å²) in [6.07, 6.45) is 2.05. The van der Waals surface area contributed by atoms with Crippen LogP contribution in [0.5, 0.6) is 5.75 Å². The minimum absolute atomic E-state index is 0.198. The molecule has 0 atom stereocenters. The van der Waals surface area contributed by atoms with Crippen molar-refractivity contribution in [1.82, 2.24) is 15.5 Å². The predicted molar refractivity (Wildman–Crippen MR) is 69.9 cm³/mol. The van der Waals surface area contributed by atoms with Crippen molar-refractivity contribution in [2.45, 2.75) is 25.4 Å². The highest BCUT2D eigenvalue weighted by Gasteiger charge is 2.20. The Labute approximate surface area is 116 Å². The molecule has 1 fully saturated rings. The number of aromatic nitrogens is 2. The summed E-state index contributed by atoms with van der Waals surface area (Å²) in [5, 5.41) is 7.31. The molecule has 0 unspecified atom stereocenters. The van der Waals surface area contributed by atoms with E-state index in [0.717, 1.165) is 31.8 Å². The molecular formula is C14H16FN3O2. The first-order chi connectivity index (χ1) is 9.81. The van der Waals surface area contributed by atoms with E-state index in [1.54, 1.807) is 12.1 Å². The highest BCUT2D eigenvalue weighted by Crippen LogP contribution is 2.22. The van der Waals surface area contributed by atoms with Gasteiger partial charge in [0.05, 0.1) is 0 Å². The summed E-state index contributed by atoms with van der Waals surface area (Å²) >= 11 is 0. The fourth-order valence-electron chi connectivity index (χ4n) is 2.25. The van der Waals surface area contributed by atoms with Crippen molar-refractivity contribution in [2.24, 2.45) is 0 Å². The monoisotopic (exact) mass is 277 g/mol. The van der Waals surface area contributed by atoms with Gasteiger partial charge in [-0.05, 0) is 50.2 Å². The van der Waals surface area contributed by atoms with E-state index in [0.29, 0.717) is 17.6 Å². The molecule has 0 spiro atoms.